The molecular weight excluding hydrogens is 348 g/mol. The van der Waals surface area contributed by atoms with Crippen molar-refractivity contribution in [3.63, 3.8) is 0 Å². The van der Waals surface area contributed by atoms with Gasteiger partial charge in [0.1, 0.15) is 5.01 Å². The number of fused-ring (bicyclic) bond motifs is 1. The second-order valence-electron chi connectivity index (χ2n) is 6.25. The predicted octanol–water partition coefficient (Wildman–Crippen LogP) is 1.64. The lowest BCUT2D eigenvalue weighted by atomic mass is 10.2. The highest BCUT2D eigenvalue weighted by atomic mass is 32.2. The number of hydrogen-bond donors (Lipinski definition) is 1. The quantitative estimate of drug-likeness (QED) is 0.860. The summed E-state index contributed by atoms with van der Waals surface area (Å²) in [6.45, 7) is 6.37. The van der Waals surface area contributed by atoms with Gasteiger partial charge in [-0.1, -0.05) is 25.2 Å². The van der Waals surface area contributed by atoms with Crippen LogP contribution < -0.4 is 5.32 Å². The highest BCUT2D eigenvalue weighted by Gasteiger charge is 2.22. The Balaban J connectivity index is 1.68. The van der Waals surface area contributed by atoms with Crippen molar-refractivity contribution in [3.8, 4) is 0 Å². The Morgan fingerprint density at radius 3 is 2.79 bits per heavy atom. The van der Waals surface area contributed by atoms with Gasteiger partial charge in [0.25, 0.3) is 0 Å². The number of nitrogens with one attached hydrogen (secondary N) is 1. The van der Waals surface area contributed by atoms with Crippen molar-refractivity contribution < 1.29 is 8.42 Å². The Hall–Kier alpha value is -1.52. The summed E-state index contributed by atoms with van der Waals surface area (Å²) in [4.78, 5) is 0. The summed E-state index contributed by atoms with van der Waals surface area (Å²) in [6.07, 6.45) is 2.02. The van der Waals surface area contributed by atoms with Gasteiger partial charge in [-0.25, -0.2) is 8.42 Å². The lowest BCUT2D eigenvalue weighted by Gasteiger charge is -2.16. The smallest absolute Gasteiger partial charge is 0.211 e. The van der Waals surface area contributed by atoms with E-state index in [9.17, 15) is 8.42 Å². The summed E-state index contributed by atoms with van der Waals surface area (Å²) in [7, 11) is -3.18. The fourth-order valence-electron chi connectivity index (χ4n) is 2.57. The van der Waals surface area contributed by atoms with E-state index in [0.29, 0.717) is 25.6 Å². The predicted molar refractivity (Wildman–Crippen MR) is 93.4 cm³/mol. The van der Waals surface area contributed by atoms with Crippen LogP contribution in [0.2, 0.25) is 0 Å². The van der Waals surface area contributed by atoms with E-state index in [1.165, 1.54) is 10.6 Å². The number of sulfonamides is 1. The van der Waals surface area contributed by atoms with E-state index in [0.717, 1.165) is 34.5 Å². The van der Waals surface area contributed by atoms with E-state index < -0.39 is 10.0 Å². The fraction of sp³-hybridized carbons (Fsp3) is 0.643. The summed E-state index contributed by atoms with van der Waals surface area (Å²) < 4.78 is 27.0. The fourth-order valence-corrected chi connectivity index (χ4v) is 4.14. The molecule has 0 radical (unpaired) electrons. The zero-order valence-corrected chi connectivity index (χ0v) is 15.7. The first-order valence-corrected chi connectivity index (χ1v) is 10.6. The van der Waals surface area contributed by atoms with E-state index in [4.69, 9.17) is 0 Å². The van der Waals surface area contributed by atoms with Crippen molar-refractivity contribution in [2.24, 2.45) is 0 Å². The second-order valence-corrected chi connectivity index (χ2v) is 9.25. The average Bonchev–Trinajstić information content (AvgIpc) is 3.06. The van der Waals surface area contributed by atoms with Gasteiger partial charge >= 0.3 is 0 Å². The maximum Gasteiger partial charge on any atom is 0.211 e. The van der Waals surface area contributed by atoms with Gasteiger partial charge in [0.15, 0.2) is 0 Å². The molecule has 0 bridgehead atoms. The second kappa shape index (κ2) is 6.77. The molecule has 1 aliphatic rings. The Bertz CT molecular complexity index is 811. The zero-order valence-electron chi connectivity index (χ0n) is 14.1. The molecule has 0 atom stereocenters. The van der Waals surface area contributed by atoms with Crippen molar-refractivity contribution in [1.82, 2.24) is 24.3 Å². The first-order chi connectivity index (χ1) is 11.3. The molecule has 0 spiro atoms. The lowest BCUT2D eigenvalue weighted by molar-refractivity contribution is 0.414. The molecule has 10 heteroatoms. The van der Waals surface area contributed by atoms with Gasteiger partial charge in [0, 0.05) is 19.0 Å². The summed E-state index contributed by atoms with van der Waals surface area (Å²) in [5.74, 6) is 0.365. The monoisotopic (exact) mass is 370 g/mol. The van der Waals surface area contributed by atoms with Crippen molar-refractivity contribution in [2.45, 2.75) is 45.8 Å². The van der Waals surface area contributed by atoms with Gasteiger partial charge in [-0.15, -0.1) is 10.2 Å². The topological polar surface area (TPSA) is 93.0 Å². The minimum Gasteiger partial charge on any atom is -0.354 e. The third-order valence-corrected chi connectivity index (χ3v) is 6.29. The van der Waals surface area contributed by atoms with Gasteiger partial charge in [-0.2, -0.15) is 9.40 Å². The molecule has 0 aromatic carbocycles. The highest BCUT2D eigenvalue weighted by molar-refractivity contribution is 7.88. The maximum absolute atomic E-state index is 11.8. The Labute approximate surface area is 145 Å². The van der Waals surface area contributed by atoms with Gasteiger partial charge in [0.05, 0.1) is 30.7 Å². The average molecular weight is 371 g/mol. The molecule has 1 N–H and O–H groups in total. The molecule has 3 rings (SSSR count). The summed E-state index contributed by atoms with van der Waals surface area (Å²) >= 11 is 1.55. The Kier molecular flexibility index (Phi) is 4.88. The molecule has 0 unspecified atom stereocenters. The van der Waals surface area contributed by atoms with E-state index in [-0.39, 0.29) is 0 Å². The van der Waals surface area contributed by atoms with Gasteiger partial charge in [0.2, 0.25) is 15.2 Å². The first kappa shape index (κ1) is 17.3. The minimum atomic E-state index is -3.18. The first-order valence-electron chi connectivity index (χ1n) is 7.91. The molecular formula is C14H22N6O2S2. The molecule has 24 heavy (non-hydrogen) atoms. The van der Waals surface area contributed by atoms with Crippen LogP contribution in [0, 0.1) is 0 Å². The van der Waals surface area contributed by atoms with Crippen LogP contribution in [0.25, 0.3) is 0 Å². The number of aromatic nitrogens is 4. The molecule has 0 fully saturated rings. The van der Waals surface area contributed by atoms with Gasteiger partial charge < -0.3 is 5.32 Å². The maximum atomic E-state index is 11.8. The molecule has 2 aromatic rings. The molecule has 1 aliphatic heterocycles. The summed E-state index contributed by atoms with van der Waals surface area (Å²) in [5, 5.41) is 17.9. The van der Waals surface area contributed by atoms with Crippen LogP contribution >= 0.6 is 11.3 Å². The van der Waals surface area contributed by atoms with Crippen molar-refractivity contribution >= 4 is 26.5 Å². The van der Waals surface area contributed by atoms with Crippen LogP contribution in [-0.2, 0) is 29.7 Å². The molecule has 0 saturated heterocycles. The number of nitrogens with zero attached hydrogens (tertiary/aromatic N) is 5. The number of rotatable bonds is 5. The summed E-state index contributed by atoms with van der Waals surface area (Å²) in [5.41, 5.74) is 1.80. The number of hydrogen-bond acceptors (Lipinski definition) is 7. The van der Waals surface area contributed by atoms with Crippen molar-refractivity contribution in [2.75, 3.05) is 18.1 Å². The van der Waals surface area contributed by atoms with Crippen LogP contribution in [0.3, 0.4) is 0 Å². The molecule has 0 aliphatic carbocycles. The SMILES string of the molecule is CC(C)c1nnc(NCc2cc3n(n2)CCCN(S(C)(=O)=O)C3)s1. The molecule has 2 aromatic heterocycles. The normalized spacial score (nSPS) is 16.2. The van der Waals surface area contributed by atoms with Crippen LogP contribution in [0.1, 0.15) is 42.6 Å². The van der Waals surface area contributed by atoms with Crippen LogP contribution in [0.4, 0.5) is 5.13 Å². The minimum absolute atomic E-state index is 0.365. The zero-order chi connectivity index (χ0) is 17.3. The summed E-state index contributed by atoms with van der Waals surface area (Å²) in [6, 6.07) is 1.96. The highest BCUT2D eigenvalue weighted by Crippen LogP contribution is 2.23. The van der Waals surface area contributed by atoms with E-state index in [2.05, 4.69) is 34.5 Å². The standard InChI is InChI=1S/C14H22N6O2S2/c1-10(2)13-16-17-14(23-13)15-8-11-7-12-9-19(24(3,21)22)5-4-6-20(12)18-11/h7,10H,4-6,8-9H2,1-3H3,(H,15,17). The van der Waals surface area contributed by atoms with Gasteiger partial charge in [-0.3, -0.25) is 4.68 Å². The molecule has 0 saturated carbocycles. The Morgan fingerprint density at radius 1 is 1.33 bits per heavy atom. The number of anilines is 1. The lowest BCUT2D eigenvalue weighted by Crippen LogP contribution is -2.29. The Morgan fingerprint density at radius 2 is 2.12 bits per heavy atom. The third kappa shape index (κ3) is 3.93. The van der Waals surface area contributed by atoms with Crippen molar-refractivity contribution in [3.05, 3.63) is 22.5 Å². The van der Waals surface area contributed by atoms with E-state index >= 15 is 0 Å². The molecule has 3 heterocycles. The van der Waals surface area contributed by atoms with Crippen LogP contribution in [0.5, 0.6) is 0 Å². The van der Waals surface area contributed by atoms with E-state index in [1.54, 1.807) is 11.3 Å². The molecule has 132 valence electrons. The number of aryl methyl sites for hydroxylation is 1. The molecule has 8 nitrogen and oxygen atoms in total. The van der Waals surface area contributed by atoms with Crippen LogP contribution in [-0.4, -0.2) is 45.5 Å². The van der Waals surface area contributed by atoms with E-state index in [1.807, 2.05) is 10.7 Å². The van der Waals surface area contributed by atoms with Gasteiger partial charge in [-0.05, 0) is 12.5 Å². The third-order valence-electron chi connectivity index (χ3n) is 3.85. The molecule has 0 amide bonds. The van der Waals surface area contributed by atoms with Crippen molar-refractivity contribution in [1.29, 1.82) is 0 Å². The largest absolute Gasteiger partial charge is 0.354 e. The van der Waals surface area contributed by atoms with Crippen LogP contribution in [0.15, 0.2) is 6.07 Å².